The number of nitrogens with zero attached hydrogens (tertiary/aromatic N) is 2. The molecular weight excluding hydrogens is 230 g/mol. The van der Waals surface area contributed by atoms with Crippen LogP contribution in [0.4, 0.5) is 5.95 Å². The van der Waals surface area contributed by atoms with E-state index < -0.39 is 0 Å². The summed E-state index contributed by atoms with van der Waals surface area (Å²) in [5.41, 5.74) is 10.6. The highest BCUT2D eigenvalue weighted by atomic mass is 32.1. The van der Waals surface area contributed by atoms with Gasteiger partial charge in [0.1, 0.15) is 0 Å². The molecule has 0 saturated heterocycles. The highest BCUT2D eigenvalue weighted by Gasteiger charge is 2.09. The van der Waals surface area contributed by atoms with Crippen molar-refractivity contribution in [2.45, 2.75) is 13.5 Å². The second-order valence-electron chi connectivity index (χ2n) is 4.12. The number of rotatable bonds is 2. The number of nitrogens with two attached hydrogens (primary N) is 1. The summed E-state index contributed by atoms with van der Waals surface area (Å²) in [6.45, 7) is 2.92. The molecule has 0 spiro atoms. The first-order chi connectivity index (χ1) is 8.25. The van der Waals surface area contributed by atoms with Gasteiger partial charge in [-0.1, -0.05) is 12.1 Å². The first kappa shape index (κ1) is 10.4. The number of hydrogen-bond acceptors (Lipinski definition) is 3. The van der Waals surface area contributed by atoms with Crippen LogP contribution in [-0.2, 0) is 6.54 Å². The van der Waals surface area contributed by atoms with E-state index in [1.165, 1.54) is 11.1 Å². The minimum absolute atomic E-state index is 0.580. The third-order valence-electron chi connectivity index (χ3n) is 2.97. The summed E-state index contributed by atoms with van der Waals surface area (Å²) in [6, 6.07) is 8.04. The summed E-state index contributed by atoms with van der Waals surface area (Å²) >= 11 is 1.72. The highest BCUT2D eigenvalue weighted by molar-refractivity contribution is 7.08. The van der Waals surface area contributed by atoms with Gasteiger partial charge in [-0.3, -0.25) is 0 Å². The van der Waals surface area contributed by atoms with Crippen LogP contribution in [0.15, 0.2) is 35.0 Å². The van der Waals surface area contributed by atoms with Crippen molar-refractivity contribution in [1.82, 2.24) is 9.55 Å². The fourth-order valence-corrected chi connectivity index (χ4v) is 2.83. The van der Waals surface area contributed by atoms with E-state index in [0.717, 1.165) is 17.6 Å². The van der Waals surface area contributed by atoms with Crippen molar-refractivity contribution in [3.63, 3.8) is 0 Å². The Morgan fingerprint density at radius 1 is 1.29 bits per heavy atom. The lowest BCUT2D eigenvalue weighted by atomic mass is 10.2. The molecule has 86 valence electrons. The summed E-state index contributed by atoms with van der Waals surface area (Å²) < 4.78 is 2.06. The Bertz CT molecular complexity index is 666. The lowest BCUT2D eigenvalue weighted by Crippen LogP contribution is -2.04. The van der Waals surface area contributed by atoms with E-state index in [9.17, 15) is 0 Å². The molecule has 2 aromatic heterocycles. The SMILES string of the molecule is Cc1cscc1Cn1c(N)nc2ccccc21. The van der Waals surface area contributed by atoms with Gasteiger partial charge in [-0.15, -0.1) is 0 Å². The largest absolute Gasteiger partial charge is 0.369 e. The molecule has 0 amide bonds. The van der Waals surface area contributed by atoms with Gasteiger partial charge in [-0.25, -0.2) is 4.98 Å². The van der Waals surface area contributed by atoms with Crippen LogP contribution in [0.25, 0.3) is 11.0 Å². The maximum absolute atomic E-state index is 5.98. The molecule has 1 aromatic carbocycles. The van der Waals surface area contributed by atoms with Crippen molar-refractivity contribution in [3.05, 3.63) is 46.2 Å². The van der Waals surface area contributed by atoms with Crippen LogP contribution >= 0.6 is 11.3 Å². The average Bonchev–Trinajstić information content (AvgIpc) is 2.85. The minimum Gasteiger partial charge on any atom is -0.369 e. The molecule has 2 N–H and O–H groups in total. The Balaban J connectivity index is 2.11. The lowest BCUT2D eigenvalue weighted by Gasteiger charge is -2.05. The van der Waals surface area contributed by atoms with Crippen LogP contribution in [0.2, 0.25) is 0 Å². The molecule has 17 heavy (non-hydrogen) atoms. The summed E-state index contributed by atoms with van der Waals surface area (Å²) in [5, 5.41) is 4.33. The molecule has 3 rings (SSSR count). The smallest absolute Gasteiger partial charge is 0.201 e. The van der Waals surface area contributed by atoms with Gasteiger partial charge < -0.3 is 10.3 Å². The summed E-state index contributed by atoms with van der Waals surface area (Å²) in [7, 11) is 0. The fourth-order valence-electron chi connectivity index (χ4n) is 1.98. The van der Waals surface area contributed by atoms with E-state index in [2.05, 4.69) is 33.3 Å². The zero-order valence-electron chi connectivity index (χ0n) is 9.55. The standard InChI is InChI=1S/C13H13N3S/c1-9-7-17-8-10(9)6-16-12-5-3-2-4-11(12)15-13(16)14/h2-5,7-8H,6H2,1H3,(H2,14,15). The minimum atomic E-state index is 0.580. The van der Waals surface area contributed by atoms with Crippen molar-refractivity contribution in [3.8, 4) is 0 Å². The second kappa shape index (κ2) is 3.89. The maximum atomic E-state index is 5.98. The molecule has 2 heterocycles. The first-order valence-corrected chi connectivity index (χ1v) is 6.42. The molecular formula is C13H13N3S. The van der Waals surface area contributed by atoms with Crippen LogP contribution in [0.1, 0.15) is 11.1 Å². The van der Waals surface area contributed by atoms with Gasteiger partial charge >= 0.3 is 0 Å². The number of thiophene rings is 1. The van der Waals surface area contributed by atoms with Crippen LogP contribution in [0.5, 0.6) is 0 Å². The summed E-state index contributed by atoms with van der Waals surface area (Å²) in [6.07, 6.45) is 0. The summed E-state index contributed by atoms with van der Waals surface area (Å²) in [5.74, 6) is 0.580. The van der Waals surface area contributed by atoms with E-state index in [1.54, 1.807) is 11.3 Å². The number of hydrogen-bond donors (Lipinski definition) is 1. The van der Waals surface area contributed by atoms with Crippen LogP contribution in [-0.4, -0.2) is 9.55 Å². The molecule has 0 aliphatic rings. The normalized spacial score (nSPS) is 11.1. The average molecular weight is 243 g/mol. The quantitative estimate of drug-likeness (QED) is 0.751. The van der Waals surface area contributed by atoms with Gasteiger partial charge in [0.15, 0.2) is 0 Å². The zero-order chi connectivity index (χ0) is 11.8. The van der Waals surface area contributed by atoms with E-state index >= 15 is 0 Å². The Hall–Kier alpha value is -1.81. The molecule has 0 unspecified atom stereocenters. The van der Waals surface area contributed by atoms with Crippen LogP contribution in [0.3, 0.4) is 0 Å². The van der Waals surface area contributed by atoms with Crippen molar-refractivity contribution >= 4 is 28.3 Å². The van der Waals surface area contributed by atoms with E-state index in [1.807, 2.05) is 18.2 Å². The predicted molar refractivity (Wildman–Crippen MR) is 72.3 cm³/mol. The number of anilines is 1. The molecule has 0 atom stereocenters. The van der Waals surface area contributed by atoms with Crippen molar-refractivity contribution in [2.75, 3.05) is 5.73 Å². The van der Waals surface area contributed by atoms with Crippen LogP contribution < -0.4 is 5.73 Å². The van der Waals surface area contributed by atoms with Crippen molar-refractivity contribution in [1.29, 1.82) is 0 Å². The van der Waals surface area contributed by atoms with Gasteiger partial charge in [0.05, 0.1) is 17.6 Å². The third-order valence-corrected chi connectivity index (χ3v) is 3.88. The van der Waals surface area contributed by atoms with Gasteiger partial charge in [0.2, 0.25) is 5.95 Å². The van der Waals surface area contributed by atoms with Crippen molar-refractivity contribution < 1.29 is 0 Å². The Morgan fingerprint density at radius 3 is 2.88 bits per heavy atom. The second-order valence-corrected chi connectivity index (χ2v) is 4.87. The number of benzene rings is 1. The molecule has 3 aromatic rings. The number of aromatic nitrogens is 2. The lowest BCUT2D eigenvalue weighted by molar-refractivity contribution is 0.836. The molecule has 0 saturated carbocycles. The molecule has 4 heteroatoms. The Kier molecular flexibility index (Phi) is 2.37. The van der Waals surface area contributed by atoms with E-state index in [-0.39, 0.29) is 0 Å². The summed E-state index contributed by atoms with van der Waals surface area (Å²) in [4.78, 5) is 4.37. The van der Waals surface area contributed by atoms with Gasteiger partial charge in [-0.2, -0.15) is 11.3 Å². The number of fused-ring (bicyclic) bond motifs is 1. The Labute approximate surface area is 104 Å². The molecule has 0 fully saturated rings. The van der Waals surface area contributed by atoms with E-state index in [4.69, 9.17) is 5.73 Å². The molecule has 0 bridgehead atoms. The van der Waals surface area contributed by atoms with Gasteiger partial charge in [0.25, 0.3) is 0 Å². The monoisotopic (exact) mass is 243 g/mol. The number of imidazole rings is 1. The Morgan fingerprint density at radius 2 is 2.12 bits per heavy atom. The topological polar surface area (TPSA) is 43.8 Å². The van der Waals surface area contributed by atoms with E-state index in [0.29, 0.717) is 5.95 Å². The third kappa shape index (κ3) is 1.70. The zero-order valence-corrected chi connectivity index (χ0v) is 10.4. The van der Waals surface area contributed by atoms with Crippen molar-refractivity contribution in [2.24, 2.45) is 0 Å². The highest BCUT2D eigenvalue weighted by Crippen LogP contribution is 2.21. The molecule has 0 aliphatic heterocycles. The molecule has 0 aliphatic carbocycles. The molecule has 3 nitrogen and oxygen atoms in total. The number of aryl methyl sites for hydroxylation is 1. The molecule has 0 radical (unpaired) electrons. The van der Waals surface area contributed by atoms with Crippen LogP contribution in [0, 0.1) is 6.92 Å². The first-order valence-electron chi connectivity index (χ1n) is 5.48. The number of para-hydroxylation sites is 2. The number of nitrogen functional groups attached to an aromatic ring is 1. The predicted octanol–water partition coefficient (Wildman–Crippen LogP) is 3.04. The maximum Gasteiger partial charge on any atom is 0.201 e. The van der Waals surface area contributed by atoms with Gasteiger partial charge in [-0.05, 0) is 40.9 Å². The van der Waals surface area contributed by atoms with Gasteiger partial charge in [0, 0.05) is 0 Å². The fraction of sp³-hybridized carbons (Fsp3) is 0.154.